The zero-order valence-electron chi connectivity index (χ0n) is 10.3. The fourth-order valence-corrected chi connectivity index (χ4v) is 1.29. The van der Waals surface area contributed by atoms with Gasteiger partial charge in [0.2, 0.25) is 0 Å². The Kier molecular flexibility index (Phi) is 3.88. The number of aliphatic carboxylic acids is 1. The summed E-state index contributed by atoms with van der Waals surface area (Å²) in [5.41, 5.74) is 0.617. The Hall–Kier alpha value is -1.85. The first-order valence-electron chi connectivity index (χ1n) is 5.30. The number of aryl methyl sites for hydroxylation is 2. The van der Waals surface area contributed by atoms with Crippen molar-refractivity contribution in [1.29, 1.82) is 0 Å². The minimum absolute atomic E-state index is 0.105. The predicted molar refractivity (Wildman–Crippen MR) is 59.7 cm³/mol. The Morgan fingerprint density at radius 3 is 2.29 bits per heavy atom. The van der Waals surface area contributed by atoms with Crippen molar-refractivity contribution < 1.29 is 19.1 Å². The number of carboxylic acid groups (broad SMARTS) is 1. The van der Waals surface area contributed by atoms with Gasteiger partial charge in [-0.3, -0.25) is 4.79 Å². The molecule has 94 valence electrons. The molecule has 1 aromatic rings. The third-order valence-corrected chi connectivity index (χ3v) is 2.44. The third kappa shape index (κ3) is 3.05. The van der Waals surface area contributed by atoms with E-state index in [0.717, 1.165) is 0 Å². The van der Waals surface area contributed by atoms with Gasteiger partial charge in [0.05, 0.1) is 5.69 Å². The van der Waals surface area contributed by atoms with Gasteiger partial charge in [0, 0.05) is 0 Å². The SMILES string of the molecule is Cc1nc(C(=O)N[C@H](C(=O)O)C(C)C)oc1C. The van der Waals surface area contributed by atoms with Crippen molar-refractivity contribution in [2.24, 2.45) is 5.92 Å². The van der Waals surface area contributed by atoms with Crippen LogP contribution in [0.15, 0.2) is 4.42 Å². The van der Waals surface area contributed by atoms with Crippen molar-refractivity contribution in [2.45, 2.75) is 33.7 Å². The van der Waals surface area contributed by atoms with Crippen LogP contribution in [-0.2, 0) is 4.79 Å². The fourth-order valence-electron chi connectivity index (χ4n) is 1.29. The molecule has 6 heteroatoms. The molecule has 0 aliphatic rings. The molecule has 0 bridgehead atoms. The average Bonchev–Trinajstić information content (AvgIpc) is 2.54. The summed E-state index contributed by atoms with van der Waals surface area (Å²) in [5.74, 6) is -1.46. The maximum Gasteiger partial charge on any atom is 0.326 e. The molecule has 0 unspecified atom stereocenters. The molecule has 17 heavy (non-hydrogen) atoms. The highest BCUT2D eigenvalue weighted by molar-refractivity contribution is 5.92. The number of aromatic nitrogens is 1. The largest absolute Gasteiger partial charge is 0.480 e. The molecule has 0 saturated carbocycles. The van der Waals surface area contributed by atoms with E-state index in [4.69, 9.17) is 9.52 Å². The van der Waals surface area contributed by atoms with Crippen LogP contribution in [0.5, 0.6) is 0 Å². The van der Waals surface area contributed by atoms with Crippen LogP contribution in [0.3, 0.4) is 0 Å². The first-order chi connectivity index (χ1) is 7.82. The average molecular weight is 240 g/mol. The van der Waals surface area contributed by atoms with Crippen molar-refractivity contribution in [3.63, 3.8) is 0 Å². The first-order valence-corrected chi connectivity index (χ1v) is 5.30. The minimum Gasteiger partial charge on any atom is -0.480 e. The molecule has 0 spiro atoms. The summed E-state index contributed by atoms with van der Waals surface area (Å²) in [5, 5.41) is 11.3. The van der Waals surface area contributed by atoms with Crippen LogP contribution >= 0.6 is 0 Å². The summed E-state index contributed by atoms with van der Waals surface area (Å²) in [7, 11) is 0. The molecule has 1 rings (SSSR count). The Labute approximate surface area is 99.0 Å². The number of hydrogen-bond donors (Lipinski definition) is 2. The first kappa shape index (κ1) is 13.2. The Morgan fingerprint density at radius 1 is 1.35 bits per heavy atom. The van der Waals surface area contributed by atoms with Gasteiger partial charge in [-0.1, -0.05) is 13.8 Å². The van der Waals surface area contributed by atoms with Gasteiger partial charge < -0.3 is 14.8 Å². The number of carbonyl (C=O) groups excluding carboxylic acids is 1. The van der Waals surface area contributed by atoms with Crippen molar-refractivity contribution >= 4 is 11.9 Å². The van der Waals surface area contributed by atoms with Crippen molar-refractivity contribution in [3.05, 3.63) is 17.3 Å². The molecule has 1 amide bonds. The lowest BCUT2D eigenvalue weighted by Gasteiger charge is -2.16. The number of carboxylic acids is 1. The maximum absolute atomic E-state index is 11.7. The van der Waals surface area contributed by atoms with E-state index in [1.54, 1.807) is 27.7 Å². The molecule has 1 heterocycles. The van der Waals surface area contributed by atoms with Gasteiger partial charge in [-0.2, -0.15) is 0 Å². The number of carbonyl (C=O) groups is 2. The predicted octanol–water partition coefficient (Wildman–Crippen LogP) is 1.13. The quantitative estimate of drug-likeness (QED) is 0.823. The lowest BCUT2D eigenvalue weighted by molar-refractivity contribution is -0.140. The molecule has 0 aliphatic carbocycles. The standard InChI is InChI=1S/C11H16N2O4/c1-5(2)8(11(15)16)13-9(14)10-12-6(3)7(4)17-10/h5,8H,1-4H3,(H,13,14)(H,15,16)/t8-/m0/s1. The van der Waals surface area contributed by atoms with Crippen molar-refractivity contribution in [2.75, 3.05) is 0 Å². The van der Waals surface area contributed by atoms with Gasteiger partial charge in [0.25, 0.3) is 5.89 Å². The highest BCUT2D eigenvalue weighted by atomic mass is 16.4. The summed E-state index contributed by atoms with van der Waals surface area (Å²) in [4.78, 5) is 26.5. The highest BCUT2D eigenvalue weighted by Gasteiger charge is 2.26. The van der Waals surface area contributed by atoms with Gasteiger partial charge in [-0.05, 0) is 19.8 Å². The van der Waals surface area contributed by atoms with E-state index in [2.05, 4.69) is 10.3 Å². The van der Waals surface area contributed by atoms with Crippen LogP contribution < -0.4 is 5.32 Å². The Morgan fingerprint density at radius 2 is 1.94 bits per heavy atom. The second-order valence-electron chi connectivity index (χ2n) is 4.19. The number of hydrogen-bond acceptors (Lipinski definition) is 4. The van der Waals surface area contributed by atoms with E-state index in [0.29, 0.717) is 11.5 Å². The fraction of sp³-hybridized carbons (Fsp3) is 0.545. The minimum atomic E-state index is -1.08. The van der Waals surface area contributed by atoms with Gasteiger partial charge in [-0.15, -0.1) is 0 Å². The topological polar surface area (TPSA) is 92.4 Å². The Balaban J connectivity index is 2.81. The van der Waals surface area contributed by atoms with Crippen LogP contribution in [0.2, 0.25) is 0 Å². The van der Waals surface area contributed by atoms with E-state index in [1.807, 2.05) is 0 Å². The Bertz CT molecular complexity index is 417. The van der Waals surface area contributed by atoms with Crippen LogP contribution in [-0.4, -0.2) is 28.0 Å². The number of nitrogens with one attached hydrogen (secondary N) is 1. The zero-order chi connectivity index (χ0) is 13.2. The van der Waals surface area contributed by atoms with Crippen molar-refractivity contribution in [3.8, 4) is 0 Å². The number of rotatable bonds is 4. The van der Waals surface area contributed by atoms with Gasteiger partial charge in [0.15, 0.2) is 0 Å². The molecule has 1 aromatic heterocycles. The maximum atomic E-state index is 11.7. The van der Waals surface area contributed by atoms with E-state index in [9.17, 15) is 9.59 Å². The summed E-state index contributed by atoms with van der Waals surface area (Å²) >= 11 is 0. The van der Waals surface area contributed by atoms with Crippen LogP contribution in [0, 0.1) is 19.8 Å². The molecule has 1 atom stereocenters. The highest BCUT2D eigenvalue weighted by Crippen LogP contribution is 2.09. The summed E-state index contributed by atoms with van der Waals surface area (Å²) in [6.45, 7) is 6.83. The van der Waals surface area contributed by atoms with E-state index >= 15 is 0 Å². The second kappa shape index (κ2) is 4.99. The summed E-state index contributed by atoms with van der Waals surface area (Å²) in [6.07, 6.45) is 0. The number of oxazole rings is 1. The molecular formula is C11H16N2O4. The van der Waals surface area contributed by atoms with Crippen molar-refractivity contribution in [1.82, 2.24) is 10.3 Å². The number of nitrogens with zero attached hydrogens (tertiary/aromatic N) is 1. The molecule has 0 radical (unpaired) electrons. The molecular weight excluding hydrogens is 224 g/mol. The van der Waals surface area contributed by atoms with Gasteiger partial charge in [-0.25, -0.2) is 9.78 Å². The summed E-state index contributed by atoms with van der Waals surface area (Å²) < 4.78 is 5.12. The molecule has 0 saturated heterocycles. The van der Waals surface area contributed by atoms with E-state index < -0.39 is 17.9 Å². The molecule has 6 nitrogen and oxygen atoms in total. The van der Waals surface area contributed by atoms with Crippen LogP contribution in [0.4, 0.5) is 0 Å². The number of amides is 1. The van der Waals surface area contributed by atoms with Crippen LogP contribution in [0.1, 0.15) is 36.0 Å². The normalized spacial score (nSPS) is 12.5. The lowest BCUT2D eigenvalue weighted by atomic mass is 10.1. The summed E-state index contributed by atoms with van der Waals surface area (Å²) in [6, 6.07) is -0.949. The van der Waals surface area contributed by atoms with Gasteiger partial charge >= 0.3 is 11.9 Å². The smallest absolute Gasteiger partial charge is 0.326 e. The van der Waals surface area contributed by atoms with E-state index in [-0.39, 0.29) is 11.8 Å². The molecule has 2 N–H and O–H groups in total. The molecule has 0 aromatic carbocycles. The molecule has 0 aliphatic heterocycles. The molecule has 0 fully saturated rings. The third-order valence-electron chi connectivity index (χ3n) is 2.44. The van der Waals surface area contributed by atoms with Gasteiger partial charge in [0.1, 0.15) is 11.8 Å². The zero-order valence-corrected chi connectivity index (χ0v) is 10.3. The monoisotopic (exact) mass is 240 g/mol. The van der Waals surface area contributed by atoms with E-state index in [1.165, 1.54) is 0 Å². The second-order valence-corrected chi connectivity index (χ2v) is 4.19. The lowest BCUT2D eigenvalue weighted by Crippen LogP contribution is -2.44. The van der Waals surface area contributed by atoms with Crippen LogP contribution in [0.25, 0.3) is 0 Å².